The molecule has 4 aromatic rings. The van der Waals surface area contributed by atoms with Gasteiger partial charge in [0.1, 0.15) is 12.1 Å². The number of nitrogens with zero attached hydrogens (tertiary/aromatic N) is 3. The normalized spacial score (nSPS) is 11.7. The predicted molar refractivity (Wildman–Crippen MR) is 93.2 cm³/mol. The van der Waals surface area contributed by atoms with E-state index in [-0.39, 0.29) is 5.56 Å². The highest BCUT2D eigenvalue weighted by Gasteiger charge is 2.34. The van der Waals surface area contributed by atoms with Gasteiger partial charge in [0.2, 0.25) is 0 Å². The average molecular weight is 369 g/mol. The Morgan fingerprint density at radius 1 is 0.852 bits per heavy atom. The molecule has 0 fully saturated rings. The van der Waals surface area contributed by atoms with E-state index in [0.717, 1.165) is 28.6 Å². The fourth-order valence-electron chi connectivity index (χ4n) is 2.91. The van der Waals surface area contributed by atoms with Crippen LogP contribution in [0.25, 0.3) is 33.3 Å². The Hall–Kier alpha value is -3.35. The van der Waals surface area contributed by atoms with Crippen LogP contribution < -0.4 is 0 Å². The molecule has 0 unspecified atom stereocenters. The van der Waals surface area contributed by atoms with Gasteiger partial charge in [-0.15, -0.1) is 0 Å². The zero-order valence-electron chi connectivity index (χ0n) is 13.7. The Morgan fingerprint density at radius 2 is 1.67 bits per heavy atom. The Kier molecular flexibility index (Phi) is 4.07. The Morgan fingerprint density at radius 3 is 2.48 bits per heavy atom. The lowest BCUT2D eigenvalue weighted by Gasteiger charge is -2.13. The molecule has 0 bridgehead atoms. The molecule has 0 spiro atoms. The quantitative estimate of drug-likeness (QED) is 0.437. The number of hydrogen-bond donors (Lipinski definition) is 0. The van der Waals surface area contributed by atoms with Crippen LogP contribution >= 0.6 is 0 Å². The van der Waals surface area contributed by atoms with Crippen LogP contribution in [0, 0.1) is 5.82 Å². The molecule has 2 aromatic carbocycles. The van der Waals surface area contributed by atoms with E-state index in [1.54, 1.807) is 24.4 Å². The summed E-state index contributed by atoms with van der Waals surface area (Å²) in [4.78, 5) is 12.4. The van der Waals surface area contributed by atoms with Crippen molar-refractivity contribution in [3.8, 4) is 22.4 Å². The van der Waals surface area contributed by atoms with Gasteiger partial charge in [-0.1, -0.05) is 12.1 Å². The summed E-state index contributed by atoms with van der Waals surface area (Å²) in [6.45, 7) is 0. The predicted octanol–water partition coefficient (Wildman–Crippen LogP) is 5.52. The molecular formula is C20H11F4N3. The highest BCUT2D eigenvalue weighted by Crippen LogP contribution is 2.36. The standard InChI is InChI=1S/C20H11F4N3/c21-17-5-3-13(9-16(17)20(22,23)24)19-15(2-1-7-26-19)12-4-6-18-14(8-12)10-25-11-27-18/h1-11H. The van der Waals surface area contributed by atoms with E-state index in [4.69, 9.17) is 0 Å². The second kappa shape index (κ2) is 6.42. The Balaban J connectivity index is 1.89. The number of fused-ring (bicyclic) bond motifs is 1. The maximum absolute atomic E-state index is 13.6. The molecule has 2 heterocycles. The third-order valence-electron chi connectivity index (χ3n) is 4.17. The van der Waals surface area contributed by atoms with Crippen LogP contribution in [0.5, 0.6) is 0 Å². The molecule has 0 saturated heterocycles. The van der Waals surface area contributed by atoms with Crippen LogP contribution in [0.3, 0.4) is 0 Å². The molecule has 0 saturated carbocycles. The highest BCUT2D eigenvalue weighted by molar-refractivity contribution is 5.88. The van der Waals surface area contributed by atoms with Crippen molar-refractivity contribution in [2.75, 3.05) is 0 Å². The van der Waals surface area contributed by atoms with Gasteiger partial charge in [0, 0.05) is 28.9 Å². The van der Waals surface area contributed by atoms with Crippen LogP contribution in [0.15, 0.2) is 67.3 Å². The lowest BCUT2D eigenvalue weighted by atomic mass is 9.97. The van der Waals surface area contributed by atoms with Gasteiger partial charge in [-0.2, -0.15) is 13.2 Å². The summed E-state index contributed by atoms with van der Waals surface area (Å²) >= 11 is 0. The fourth-order valence-corrected chi connectivity index (χ4v) is 2.91. The summed E-state index contributed by atoms with van der Waals surface area (Å²) in [6, 6.07) is 11.8. The van der Waals surface area contributed by atoms with Crippen molar-refractivity contribution < 1.29 is 17.6 Å². The van der Waals surface area contributed by atoms with Crippen molar-refractivity contribution in [1.82, 2.24) is 15.0 Å². The molecule has 27 heavy (non-hydrogen) atoms. The van der Waals surface area contributed by atoms with E-state index in [0.29, 0.717) is 11.3 Å². The average Bonchev–Trinajstić information content (AvgIpc) is 2.67. The first kappa shape index (κ1) is 17.1. The number of pyridine rings is 1. The lowest BCUT2D eigenvalue weighted by Crippen LogP contribution is -2.08. The minimum absolute atomic E-state index is 0.184. The molecule has 0 atom stereocenters. The summed E-state index contributed by atoms with van der Waals surface area (Å²) in [5, 5.41) is 0.792. The fraction of sp³-hybridized carbons (Fsp3) is 0.0500. The topological polar surface area (TPSA) is 38.7 Å². The largest absolute Gasteiger partial charge is 0.419 e. The third-order valence-corrected chi connectivity index (χ3v) is 4.17. The zero-order chi connectivity index (χ0) is 19.0. The SMILES string of the molecule is Fc1ccc(-c2ncccc2-c2ccc3ncncc3c2)cc1C(F)(F)F. The molecule has 4 rings (SSSR count). The second-order valence-electron chi connectivity index (χ2n) is 5.89. The van der Waals surface area contributed by atoms with Gasteiger partial charge in [-0.3, -0.25) is 4.98 Å². The summed E-state index contributed by atoms with van der Waals surface area (Å²) in [5.41, 5.74) is 1.33. The molecule has 0 amide bonds. The molecule has 2 aromatic heterocycles. The van der Waals surface area contributed by atoms with E-state index < -0.39 is 17.6 Å². The molecule has 134 valence electrons. The highest BCUT2D eigenvalue weighted by atomic mass is 19.4. The minimum atomic E-state index is -4.78. The number of hydrogen-bond acceptors (Lipinski definition) is 3. The van der Waals surface area contributed by atoms with Gasteiger partial charge in [-0.25, -0.2) is 14.4 Å². The molecule has 0 aliphatic heterocycles. The first-order valence-electron chi connectivity index (χ1n) is 7.96. The smallest absolute Gasteiger partial charge is 0.256 e. The molecule has 0 N–H and O–H groups in total. The first-order chi connectivity index (χ1) is 12.9. The van der Waals surface area contributed by atoms with Crippen molar-refractivity contribution in [2.45, 2.75) is 6.18 Å². The Labute approximate surface area is 151 Å². The van der Waals surface area contributed by atoms with Crippen molar-refractivity contribution in [3.63, 3.8) is 0 Å². The molecular weight excluding hydrogens is 358 g/mol. The number of halogens is 4. The molecule has 0 aliphatic rings. The van der Waals surface area contributed by atoms with Gasteiger partial charge >= 0.3 is 6.18 Å². The van der Waals surface area contributed by atoms with E-state index in [2.05, 4.69) is 15.0 Å². The molecule has 3 nitrogen and oxygen atoms in total. The monoisotopic (exact) mass is 369 g/mol. The van der Waals surface area contributed by atoms with E-state index in [1.807, 2.05) is 12.1 Å². The number of aromatic nitrogens is 3. The minimum Gasteiger partial charge on any atom is -0.256 e. The van der Waals surface area contributed by atoms with Crippen LogP contribution in [0.2, 0.25) is 0 Å². The van der Waals surface area contributed by atoms with Gasteiger partial charge in [0.05, 0.1) is 16.8 Å². The van der Waals surface area contributed by atoms with Crippen molar-refractivity contribution in [1.29, 1.82) is 0 Å². The van der Waals surface area contributed by atoms with Crippen molar-refractivity contribution in [3.05, 3.63) is 78.6 Å². The second-order valence-corrected chi connectivity index (χ2v) is 5.89. The van der Waals surface area contributed by atoms with Gasteiger partial charge in [0.25, 0.3) is 0 Å². The molecule has 0 aliphatic carbocycles. The molecule has 0 radical (unpaired) electrons. The summed E-state index contributed by atoms with van der Waals surface area (Å²) in [7, 11) is 0. The number of rotatable bonds is 2. The Bertz CT molecular complexity index is 1140. The maximum Gasteiger partial charge on any atom is 0.419 e. The lowest BCUT2D eigenvalue weighted by molar-refractivity contribution is -0.139. The summed E-state index contributed by atoms with van der Waals surface area (Å²) in [5.74, 6) is -1.31. The maximum atomic E-state index is 13.6. The first-order valence-corrected chi connectivity index (χ1v) is 7.96. The van der Waals surface area contributed by atoms with Gasteiger partial charge in [0.15, 0.2) is 0 Å². The van der Waals surface area contributed by atoms with E-state index in [9.17, 15) is 17.6 Å². The van der Waals surface area contributed by atoms with E-state index >= 15 is 0 Å². The number of benzene rings is 2. The summed E-state index contributed by atoms with van der Waals surface area (Å²) < 4.78 is 52.8. The summed E-state index contributed by atoms with van der Waals surface area (Å²) in [6.07, 6.45) is -0.203. The third kappa shape index (κ3) is 3.23. The van der Waals surface area contributed by atoms with Crippen LogP contribution in [0.4, 0.5) is 17.6 Å². The van der Waals surface area contributed by atoms with Crippen LogP contribution in [-0.4, -0.2) is 15.0 Å². The zero-order valence-corrected chi connectivity index (χ0v) is 13.7. The van der Waals surface area contributed by atoms with Crippen LogP contribution in [0.1, 0.15) is 5.56 Å². The molecule has 7 heteroatoms. The van der Waals surface area contributed by atoms with Gasteiger partial charge < -0.3 is 0 Å². The van der Waals surface area contributed by atoms with Crippen LogP contribution in [-0.2, 0) is 6.18 Å². The van der Waals surface area contributed by atoms with Crippen molar-refractivity contribution >= 4 is 10.9 Å². The van der Waals surface area contributed by atoms with Crippen molar-refractivity contribution in [2.24, 2.45) is 0 Å². The van der Waals surface area contributed by atoms with E-state index in [1.165, 1.54) is 18.6 Å². The number of alkyl halides is 3. The van der Waals surface area contributed by atoms with Gasteiger partial charge in [-0.05, 0) is 42.0 Å².